The molecule has 1 saturated heterocycles. The van der Waals surface area contributed by atoms with E-state index >= 15 is 0 Å². The molecule has 3 aliphatic rings. The van der Waals surface area contributed by atoms with Crippen LogP contribution in [-0.2, 0) is 0 Å². The normalized spacial score (nSPS) is 34.0. The molecule has 3 unspecified atom stereocenters. The molecule has 0 radical (unpaired) electrons. The first-order valence-electron chi connectivity index (χ1n) is 9.41. The number of aliphatic hydroxyl groups excluding tert-OH is 1. The molecule has 3 rings (SSSR count). The van der Waals surface area contributed by atoms with Crippen LogP contribution in [0.3, 0.4) is 0 Å². The number of hydrogen-bond donors (Lipinski definition) is 2. The second-order valence-electron chi connectivity index (χ2n) is 7.77. The van der Waals surface area contributed by atoms with Gasteiger partial charge in [-0.1, -0.05) is 26.2 Å². The van der Waals surface area contributed by atoms with Gasteiger partial charge in [0, 0.05) is 25.2 Å². The molecule has 0 bridgehead atoms. The summed E-state index contributed by atoms with van der Waals surface area (Å²) in [4.78, 5) is 2.68. The Morgan fingerprint density at radius 2 is 1.86 bits per heavy atom. The van der Waals surface area contributed by atoms with Crippen molar-refractivity contribution in [3.63, 3.8) is 0 Å². The monoisotopic (exact) mass is 294 g/mol. The molecule has 0 aromatic carbocycles. The third-order valence-corrected chi connectivity index (χ3v) is 6.23. The fourth-order valence-corrected chi connectivity index (χ4v) is 4.53. The molecular weight excluding hydrogens is 260 g/mol. The lowest BCUT2D eigenvalue weighted by Crippen LogP contribution is -2.56. The first-order valence-corrected chi connectivity index (χ1v) is 9.41. The fourth-order valence-electron chi connectivity index (χ4n) is 4.53. The van der Waals surface area contributed by atoms with Crippen LogP contribution in [0.1, 0.15) is 64.7 Å². The Morgan fingerprint density at radius 3 is 2.48 bits per heavy atom. The molecule has 2 aliphatic carbocycles. The maximum absolute atomic E-state index is 10.3. The van der Waals surface area contributed by atoms with Gasteiger partial charge in [0.05, 0.1) is 6.10 Å². The first-order chi connectivity index (χ1) is 10.3. The van der Waals surface area contributed by atoms with Gasteiger partial charge in [0.15, 0.2) is 0 Å². The van der Waals surface area contributed by atoms with E-state index < -0.39 is 0 Å². The minimum atomic E-state index is -0.108. The molecule has 0 spiro atoms. The Labute approximate surface area is 130 Å². The summed E-state index contributed by atoms with van der Waals surface area (Å²) in [6, 6.07) is 1.42. The number of nitrogens with zero attached hydrogens (tertiary/aromatic N) is 1. The Balaban J connectivity index is 1.53. The Hall–Kier alpha value is -0.120. The molecule has 0 aromatic heterocycles. The smallest absolute Gasteiger partial charge is 0.0578 e. The van der Waals surface area contributed by atoms with Gasteiger partial charge in [-0.05, 0) is 56.9 Å². The topological polar surface area (TPSA) is 35.5 Å². The quantitative estimate of drug-likeness (QED) is 0.791. The number of hydrogen-bond acceptors (Lipinski definition) is 3. The van der Waals surface area contributed by atoms with E-state index in [9.17, 15) is 5.11 Å². The summed E-state index contributed by atoms with van der Waals surface area (Å²) in [5.41, 5.74) is 0. The summed E-state index contributed by atoms with van der Waals surface area (Å²) in [6.07, 6.45) is 11.8. The second-order valence-corrected chi connectivity index (χ2v) is 7.77. The standard InChI is InChI=1S/C18H34N2O/c1-2-18(21)15-10-16(19-11-14-6-3-4-7-14)13-20(12-15)17-8-5-9-17/h14-19,21H,2-13H2,1H3. The van der Waals surface area contributed by atoms with Gasteiger partial charge in [-0.25, -0.2) is 0 Å². The Kier molecular flexibility index (Phi) is 5.58. The van der Waals surface area contributed by atoms with Crippen molar-refractivity contribution in [3.8, 4) is 0 Å². The molecule has 1 heterocycles. The van der Waals surface area contributed by atoms with E-state index in [1.165, 1.54) is 64.5 Å². The lowest BCUT2D eigenvalue weighted by molar-refractivity contribution is 0.00228. The summed E-state index contributed by atoms with van der Waals surface area (Å²) in [5.74, 6) is 1.39. The van der Waals surface area contributed by atoms with Gasteiger partial charge in [-0.3, -0.25) is 4.90 Å². The van der Waals surface area contributed by atoms with E-state index in [0.717, 1.165) is 24.9 Å². The van der Waals surface area contributed by atoms with Crippen LogP contribution in [0.15, 0.2) is 0 Å². The molecule has 2 N–H and O–H groups in total. The molecule has 2 saturated carbocycles. The zero-order valence-corrected chi connectivity index (χ0v) is 13.8. The predicted octanol–water partition coefficient (Wildman–Crippen LogP) is 2.78. The summed E-state index contributed by atoms with van der Waals surface area (Å²) < 4.78 is 0. The van der Waals surface area contributed by atoms with Gasteiger partial charge >= 0.3 is 0 Å². The number of likely N-dealkylation sites (tertiary alicyclic amines) is 1. The maximum atomic E-state index is 10.3. The first kappa shape index (κ1) is 15.8. The SMILES string of the molecule is CCC(O)C1CC(NCC2CCCC2)CN(C2CCC2)C1. The lowest BCUT2D eigenvalue weighted by Gasteiger charge is -2.46. The third-order valence-electron chi connectivity index (χ3n) is 6.23. The summed E-state index contributed by atoms with van der Waals surface area (Å²) in [5, 5.41) is 14.2. The number of piperidine rings is 1. The van der Waals surface area contributed by atoms with Crippen molar-refractivity contribution in [3.05, 3.63) is 0 Å². The van der Waals surface area contributed by atoms with E-state index in [1.807, 2.05) is 0 Å². The molecular formula is C18H34N2O. The zero-order valence-electron chi connectivity index (χ0n) is 13.8. The number of aliphatic hydroxyl groups is 1. The average molecular weight is 294 g/mol. The van der Waals surface area contributed by atoms with Crippen LogP contribution >= 0.6 is 0 Å². The maximum Gasteiger partial charge on any atom is 0.0578 e. The van der Waals surface area contributed by atoms with Crippen LogP contribution in [0, 0.1) is 11.8 Å². The molecule has 3 atom stereocenters. The zero-order chi connectivity index (χ0) is 14.7. The molecule has 1 aliphatic heterocycles. The van der Waals surface area contributed by atoms with Gasteiger partial charge in [0.25, 0.3) is 0 Å². The van der Waals surface area contributed by atoms with Gasteiger partial charge in [0.2, 0.25) is 0 Å². The van der Waals surface area contributed by atoms with E-state index in [0.29, 0.717) is 12.0 Å². The molecule has 0 amide bonds. The summed E-state index contributed by atoms with van der Waals surface area (Å²) >= 11 is 0. The lowest BCUT2D eigenvalue weighted by atomic mass is 9.83. The number of rotatable bonds is 6. The predicted molar refractivity (Wildman–Crippen MR) is 87.4 cm³/mol. The second kappa shape index (κ2) is 7.43. The fraction of sp³-hybridized carbons (Fsp3) is 1.00. The minimum Gasteiger partial charge on any atom is -0.393 e. The highest BCUT2D eigenvalue weighted by Gasteiger charge is 2.35. The van der Waals surface area contributed by atoms with Gasteiger partial charge in [0.1, 0.15) is 0 Å². The van der Waals surface area contributed by atoms with Crippen LogP contribution in [0.25, 0.3) is 0 Å². The van der Waals surface area contributed by atoms with Crippen LogP contribution < -0.4 is 5.32 Å². The molecule has 3 fully saturated rings. The molecule has 3 nitrogen and oxygen atoms in total. The van der Waals surface area contributed by atoms with Gasteiger partial charge in [-0.2, -0.15) is 0 Å². The van der Waals surface area contributed by atoms with E-state index in [-0.39, 0.29) is 6.10 Å². The highest BCUT2D eigenvalue weighted by Crippen LogP contribution is 2.31. The van der Waals surface area contributed by atoms with Crippen LogP contribution in [0.2, 0.25) is 0 Å². The van der Waals surface area contributed by atoms with Crippen molar-refractivity contribution < 1.29 is 5.11 Å². The van der Waals surface area contributed by atoms with Gasteiger partial charge in [-0.15, -0.1) is 0 Å². The Bertz CT molecular complexity index is 300. The molecule has 0 aromatic rings. The van der Waals surface area contributed by atoms with E-state index in [2.05, 4.69) is 17.1 Å². The van der Waals surface area contributed by atoms with Crippen molar-refractivity contribution in [2.45, 2.75) is 82.9 Å². The molecule has 122 valence electrons. The van der Waals surface area contributed by atoms with Crippen LogP contribution in [-0.4, -0.2) is 47.8 Å². The van der Waals surface area contributed by atoms with Crippen LogP contribution in [0.4, 0.5) is 0 Å². The highest BCUT2D eigenvalue weighted by molar-refractivity contribution is 4.92. The Morgan fingerprint density at radius 1 is 1.10 bits per heavy atom. The minimum absolute atomic E-state index is 0.108. The number of nitrogens with one attached hydrogen (secondary N) is 1. The average Bonchev–Trinajstić information content (AvgIpc) is 2.95. The van der Waals surface area contributed by atoms with E-state index in [4.69, 9.17) is 0 Å². The molecule has 3 heteroatoms. The molecule has 21 heavy (non-hydrogen) atoms. The van der Waals surface area contributed by atoms with Crippen molar-refractivity contribution in [2.75, 3.05) is 19.6 Å². The highest BCUT2D eigenvalue weighted by atomic mass is 16.3. The van der Waals surface area contributed by atoms with Crippen molar-refractivity contribution in [1.82, 2.24) is 10.2 Å². The van der Waals surface area contributed by atoms with Crippen molar-refractivity contribution in [1.29, 1.82) is 0 Å². The third kappa shape index (κ3) is 4.00. The summed E-state index contributed by atoms with van der Waals surface area (Å²) in [6.45, 7) is 5.66. The van der Waals surface area contributed by atoms with E-state index in [1.54, 1.807) is 0 Å². The van der Waals surface area contributed by atoms with Crippen molar-refractivity contribution in [2.24, 2.45) is 11.8 Å². The van der Waals surface area contributed by atoms with Crippen molar-refractivity contribution >= 4 is 0 Å². The largest absolute Gasteiger partial charge is 0.393 e. The van der Waals surface area contributed by atoms with Gasteiger partial charge < -0.3 is 10.4 Å². The summed E-state index contributed by atoms with van der Waals surface area (Å²) in [7, 11) is 0. The van der Waals surface area contributed by atoms with Crippen LogP contribution in [0.5, 0.6) is 0 Å².